The maximum absolute atomic E-state index is 11.8. The fraction of sp³-hybridized carbons (Fsp3) is 0.818. The van der Waals surface area contributed by atoms with Crippen LogP contribution in [0.25, 0.3) is 0 Å². The molecule has 5 nitrogen and oxygen atoms in total. The van der Waals surface area contributed by atoms with Gasteiger partial charge in [-0.15, -0.1) is 0 Å². The lowest BCUT2D eigenvalue weighted by Crippen LogP contribution is -2.16. The standard InChI is InChI=1S/C11H19F2N3O2/c1-2-8(6-14)5-11-15-10(16-18-11)3-4-17-7-9(12)13/h8-9H,2-7,14H2,1H3. The van der Waals surface area contributed by atoms with Crippen LogP contribution in [0.4, 0.5) is 8.78 Å². The molecule has 1 aromatic rings. The minimum Gasteiger partial charge on any atom is -0.375 e. The maximum atomic E-state index is 11.8. The molecule has 104 valence electrons. The number of ether oxygens (including phenoxy) is 1. The first-order valence-corrected chi connectivity index (χ1v) is 6.03. The lowest BCUT2D eigenvalue weighted by molar-refractivity contribution is 0.0182. The summed E-state index contributed by atoms with van der Waals surface area (Å²) < 4.78 is 33.4. The molecule has 0 saturated carbocycles. The zero-order chi connectivity index (χ0) is 13.4. The number of aromatic nitrogens is 2. The molecule has 18 heavy (non-hydrogen) atoms. The van der Waals surface area contributed by atoms with Gasteiger partial charge in [0.05, 0.1) is 6.61 Å². The minimum absolute atomic E-state index is 0.164. The minimum atomic E-state index is -2.44. The van der Waals surface area contributed by atoms with Crippen LogP contribution in [0.1, 0.15) is 25.1 Å². The van der Waals surface area contributed by atoms with Gasteiger partial charge in [0, 0.05) is 12.8 Å². The summed E-state index contributed by atoms with van der Waals surface area (Å²) in [5, 5.41) is 3.76. The average molecular weight is 263 g/mol. The summed E-state index contributed by atoms with van der Waals surface area (Å²) in [4.78, 5) is 4.16. The van der Waals surface area contributed by atoms with Crippen LogP contribution in [0, 0.1) is 5.92 Å². The van der Waals surface area contributed by atoms with E-state index < -0.39 is 13.0 Å². The van der Waals surface area contributed by atoms with Gasteiger partial charge in [-0.3, -0.25) is 0 Å². The molecule has 1 aromatic heterocycles. The molecule has 1 heterocycles. The smallest absolute Gasteiger partial charge is 0.261 e. The maximum Gasteiger partial charge on any atom is 0.261 e. The van der Waals surface area contributed by atoms with Gasteiger partial charge in [0.1, 0.15) is 6.61 Å². The third-order valence-electron chi connectivity index (χ3n) is 2.60. The lowest BCUT2D eigenvalue weighted by Gasteiger charge is -2.07. The van der Waals surface area contributed by atoms with Crippen molar-refractivity contribution in [1.29, 1.82) is 0 Å². The number of alkyl halides is 2. The Balaban J connectivity index is 2.29. The van der Waals surface area contributed by atoms with Crippen molar-refractivity contribution >= 4 is 0 Å². The van der Waals surface area contributed by atoms with Crippen LogP contribution in [-0.2, 0) is 17.6 Å². The molecule has 0 aromatic carbocycles. The van der Waals surface area contributed by atoms with Gasteiger partial charge in [-0.25, -0.2) is 8.78 Å². The van der Waals surface area contributed by atoms with Gasteiger partial charge < -0.3 is 15.0 Å². The van der Waals surface area contributed by atoms with E-state index in [0.29, 0.717) is 37.0 Å². The highest BCUT2D eigenvalue weighted by atomic mass is 19.3. The van der Waals surface area contributed by atoms with Crippen LogP contribution in [-0.4, -0.2) is 36.3 Å². The molecule has 7 heteroatoms. The normalized spacial score (nSPS) is 13.2. The highest BCUT2D eigenvalue weighted by molar-refractivity contribution is 4.88. The van der Waals surface area contributed by atoms with Crippen molar-refractivity contribution in [2.24, 2.45) is 11.7 Å². The van der Waals surface area contributed by atoms with Gasteiger partial charge in [-0.1, -0.05) is 18.5 Å². The fourth-order valence-corrected chi connectivity index (χ4v) is 1.45. The molecule has 1 unspecified atom stereocenters. The third kappa shape index (κ3) is 5.50. The lowest BCUT2D eigenvalue weighted by atomic mass is 10.0. The average Bonchev–Trinajstić information content (AvgIpc) is 2.79. The molecule has 0 spiro atoms. The molecule has 0 radical (unpaired) electrons. The molecular formula is C11H19F2N3O2. The monoisotopic (exact) mass is 263 g/mol. The Kier molecular flexibility index (Phi) is 6.74. The molecule has 0 saturated heterocycles. The second-order valence-electron chi connectivity index (χ2n) is 4.03. The molecule has 0 aliphatic rings. The van der Waals surface area contributed by atoms with Crippen LogP contribution >= 0.6 is 0 Å². The van der Waals surface area contributed by atoms with E-state index >= 15 is 0 Å². The number of rotatable bonds is 9. The van der Waals surface area contributed by atoms with E-state index in [-0.39, 0.29) is 6.61 Å². The SMILES string of the molecule is CCC(CN)Cc1nc(CCOCC(F)F)no1. The van der Waals surface area contributed by atoms with E-state index in [0.717, 1.165) is 6.42 Å². The molecule has 1 atom stereocenters. The molecule has 0 fully saturated rings. The summed E-state index contributed by atoms with van der Waals surface area (Å²) >= 11 is 0. The predicted octanol–water partition coefficient (Wildman–Crippen LogP) is 1.42. The summed E-state index contributed by atoms with van der Waals surface area (Å²) in [6, 6.07) is 0. The number of hydrogen-bond acceptors (Lipinski definition) is 5. The third-order valence-corrected chi connectivity index (χ3v) is 2.60. The first kappa shape index (κ1) is 15.0. The number of hydrogen-bond donors (Lipinski definition) is 1. The van der Waals surface area contributed by atoms with Crippen molar-refractivity contribution in [2.45, 2.75) is 32.6 Å². The molecule has 1 rings (SSSR count). The first-order chi connectivity index (χ1) is 8.65. The second kappa shape index (κ2) is 8.10. The Morgan fingerprint density at radius 3 is 2.83 bits per heavy atom. The summed E-state index contributed by atoms with van der Waals surface area (Å²) in [5.41, 5.74) is 5.58. The number of nitrogens with zero attached hydrogens (tertiary/aromatic N) is 2. The van der Waals surface area contributed by atoms with Crippen molar-refractivity contribution in [3.8, 4) is 0 Å². The largest absolute Gasteiger partial charge is 0.375 e. The van der Waals surface area contributed by atoms with Gasteiger partial charge in [0.2, 0.25) is 5.89 Å². The summed E-state index contributed by atoms with van der Waals surface area (Å²) in [6.45, 7) is 2.23. The summed E-state index contributed by atoms with van der Waals surface area (Å²) in [5.74, 6) is 1.34. The van der Waals surface area contributed by atoms with Gasteiger partial charge in [0.15, 0.2) is 5.82 Å². The van der Waals surface area contributed by atoms with E-state index in [1.807, 2.05) is 6.92 Å². The van der Waals surface area contributed by atoms with Crippen molar-refractivity contribution in [3.05, 3.63) is 11.7 Å². The summed E-state index contributed by atoms with van der Waals surface area (Å²) in [6.07, 6.45) is -0.472. The highest BCUT2D eigenvalue weighted by Crippen LogP contribution is 2.09. The zero-order valence-corrected chi connectivity index (χ0v) is 10.4. The molecule has 0 bridgehead atoms. The van der Waals surface area contributed by atoms with Gasteiger partial charge in [0.25, 0.3) is 6.43 Å². The summed E-state index contributed by atoms with van der Waals surface area (Å²) in [7, 11) is 0. The van der Waals surface area contributed by atoms with Crippen molar-refractivity contribution < 1.29 is 18.0 Å². The Labute approximate surface area is 105 Å². The van der Waals surface area contributed by atoms with E-state index in [1.54, 1.807) is 0 Å². The van der Waals surface area contributed by atoms with Crippen LogP contribution in [0.3, 0.4) is 0 Å². The van der Waals surface area contributed by atoms with Crippen molar-refractivity contribution in [1.82, 2.24) is 10.1 Å². The second-order valence-corrected chi connectivity index (χ2v) is 4.03. The number of halogens is 2. The molecule has 0 aliphatic carbocycles. The Bertz CT molecular complexity index is 330. The number of nitrogens with two attached hydrogens (primary N) is 1. The Morgan fingerprint density at radius 2 is 2.22 bits per heavy atom. The Hall–Kier alpha value is -1.08. The van der Waals surface area contributed by atoms with Crippen LogP contribution in [0.15, 0.2) is 4.52 Å². The van der Waals surface area contributed by atoms with E-state index in [4.69, 9.17) is 15.0 Å². The highest BCUT2D eigenvalue weighted by Gasteiger charge is 2.12. The first-order valence-electron chi connectivity index (χ1n) is 6.03. The van der Waals surface area contributed by atoms with Crippen molar-refractivity contribution in [3.63, 3.8) is 0 Å². The van der Waals surface area contributed by atoms with Crippen molar-refractivity contribution in [2.75, 3.05) is 19.8 Å². The fourth-order valence-electron chi connectivity index (χ4n) is 1.45. The quantitative estimate of drug-likeness (QED) is 0.682. The van der Waals surface area contributed by atoms with Crippen LogP contribution in [0.2, 0.25) is 0 Å². The molecule has 0 amide bonds. The van der Waals surface area contributed by atoms with E-state index in [1.165, 1.54) is 0 Å². The van der Waals surface area contributed by atoms with Crippen LogP contribution < -0.4 is 5.73 Å². The van der Waals surface area contributed by atoms with Gasteiger partial charge in [-0.2, -0.15) is 4.98 Å². The van der Waals surface area contributed by atoms with E-state index in [2.05, 4.69) is 10.1 Å². The zero-order valence-electron chi connectivity index (χ0n) is 10.4. The predicted molar refractivity (Wildman–Crippen MR) is 61.4 cm³/mol. The topological polar surface area (TPSA) is 74.2 Å². The van der Waals surface area contributed by atoms with Crippen LogP contribution in [0.5, 0.6) is 0 Å². The molecule has 0 aliphatic heterocycles. The molecule has 2 N–H and O–H groups in total. The Morgan fingerprint density at radius 1 is 1.44 bits per heavy atom. The van der Waals surface area contributed by atoms with Gasteiger partial charge in [-0.05, 0) is 12.5 Å². The molecular weight excluding hydrogens is 244 g/mol. The van der Waals surface area contributed by atoms with E-state index in [9.17, 15) is 8.78 Å². The van der Waals surface area contributed by atoms with Gasteiger partial charge >= 0.3 is 0 Å².